The molecule has 0 bridgehead atoms. The Morgan fingerprint density at radius 1 is 1.15 bits per heavy atom. The smallest absolute Gasteiger partial charge is 0.214 e. The molecule has 0 saturated carbocycles. The van der Waals surface area contributed by atoms with Crippen LogP contribution in [0.1, 0.15) is 46.0 Å². The quantitative estimate of drug-likeness (QED) is 0.757. The van der Waals surface area contributed by atoms with Crippen molar-refractivity contribution >= 4 is 10.0 Å². The summed E-state index contributed by atoms with van der Waals surface area (Å²) in [6, 6.07) is 0. The van der Waals surface area contributed by atoms with Gasteiger partial charge in [-0.15, -0.1) is 0 Å². The van der Waals surface area contributed by atoms with Crippen LogP contribution in [0.15, 0.2) is 0 Å². The number of hydrogen-bond donors (Lipinski definition) is 0. The van der Waals surface area contributed by atoms with E-state index in [1.165, 1.54) is 0 Å². The van der Waals surface area contributed by atoms with Crippen LogP contribution in [0.25, 0.3) is 0 Å². The molecule has 2 aliphatic heterocycles. The molecule has 1 atom stereocenters. The van der Waals surface area contributed by atoms with Crippen molar-refractivity contribution in [3.05, 3.63) is 0 Å². The molecule has 0 aliphatic carbocycles. The Morgan fingerprint density at radius 3 is 2.40 bits per heavy atom. The van der Waals surface area contributed by atoms with Crippen LogP contribution in [0.3, 0.4) is 0 Å². The molecule has 118 valence electrons. The highest BCUT2D eigenvalue weighted by Crippen LogP contribution is 2.31. The number of nitrogens with zero attached hydrogens (tertiary/aromatic N) is 1. The number of ether oxygens (including phenoxy) is 1. The van der Waals surface area contributed by atoms with Crippen LogP contribution < -0.4 is 0 Å². The zero-order valence-electron chi connectivity index (χ0n) is 12.9. The van der Waals surface area contributed by atoms with Gasteiger partial charge in [0.1, 0.15) is 0 Å². The van der Waals surface area contributed by atoms with Gasteiger partial charge >= 0.3 is 0 Å². The lowest BCUT2D eigenvalue weighted by atomic mass is 9.87. The first-order valence-corrected chi connectivity index (χ1v) is 9.73. The Bertz CT molecular complexity index is 386. The van der Waals surface area contributed by atoms with Crippen LogP contribution >= 0.6 is 0 Å². The van der Waals surface area contributed by atoms with E-state index in [1.54, 1.807) is 4.31 Å². The lowest BCUT2D eigenvalue weighted by Crippen LogP contribution is -2.35. The van der Waals surface area contributed by atoms with Gasteiger partial charge in [-0.2, -0.15) is 0 Å². The lowest BCUT2D eigenvalue weighted by Gasteiger charge is -2.25. The van der Waals surface area contributed by atoms with Gasteiger partial charge in [-0.05, 0) is 37.0 Å². The first kappa shape index (κ1) is 16.2. The van der Waals surface area contributed by atoms with Crippen LogP contribution in [0.5, 0.6) is 0 Å². The van der Waals surface area contributed by atoms with Gasteiger partial charge in [0.25, 0.3) is 0 Å². The predicted molar refractivity (Wildman–Crippen MR) is 81.1 cm³/mol. The standard InChI is InChI=1S/C15H29NO3S/c1-3-14(4-2)15-5-8-16(11-15)20(17,18)12-13-6-9-19-10-7-13/h13-15H,3-12H2,1-2H3. The fourth-order valence-electron chi connectivity index (χ4n) is 3.66. The van der Waals surface area contributed by atoms with Crippen LogP contribution in [-0.2, 0) is 14.8 Å². The summed E-state index contributed by atoms with van der Waals surface area (Å²) in [6.45, 7) is 7.35. The Labute approximate surface area is 123 Å². The Kier molecular flexibility index (Phi) is 5.87. The van der Waals surface area contributed by atoms with Gasteiger partial charge in [-0.1, -0.05) is 26.7 Å². The molecule has 2 saturated heterocycles. The second-order valence-corrected chi connectivity index (χ2v) is 8.33. The molecule has 2 rings (SSSR count). The summed E-state index contributed by atoms with van der Waals surface area (Å²) in [5.41, 5.74) is 0. The summed E-state index contributed by atoms with van der Waals surface area (Å²) in [5, 5.41) is 0. The molecular formula is C15H29NO3S. The molecule has 0 aromatic heterocycles. The zero-order valence-corrected chi connectivity index (χ0v) is 13.7. The van der Waals surface area contributed by atoms with Crippen molar-refractivity contribution in [1.29, 1.82) is 0 Å². The number of hydrogen-bond acceptors (Lipinski definition) is 3. The van der Waals surface area contributed by atoms with Crippen molar-refractivity contribution in [3.8, 4) is 0 Å². The molecule has 0 aromatic rings. The highest BCUT2D eigenvalue weighted by molar-refractivity contribution is 7.89. The van der Waals surface area contributed by atoms with Crippen molar-refractivity contribution in [2.45, 2.75) is 46.0 Å². The minimum absolute atomic E-state index is 0.293. The predicted octanol–water partition coefficient (Wildman–Crippen LogP) is 2.50. The van der Waals surface area contributed by atoms with Crippen LogP contribution in [0, 0.1) is 17.8 Å². The maximum Gasteiger partial charge on any atom is 0.214 e. The summed E-state index contributed by atoms with van der Waals surface area (Å²) < 4.78 is 32.1. The molecule has 0 N–H and O–H groups in total. The van der Waals surface area contributed by atoms with Crippen molar-refractivity contribution < 1.29 is 13.2 Å². The summed E-state index contributed by atoms with van der Waals surface area (Å²) in [6.07, 6.45) is 5.15. The van der Waals surface area contributed by atoms with Crippen molar-refractivity contribution in [3.63, 3.8) is 0 Å². The minimum Gasteiger partial charge on any atom is -0.381 e. The van der Waals surface area contributed by atoms with E-state index in [0.717, 1.165) is 58.4 Å². The molecule has 5 heteroatoms. The van der Waals surface area contributed by atoms with E-state index in [2.05, 4.69) is 13.8 Å². The first-order chi connectivity index (χ1) is 9.56. The van der Waals surface area contributed by atoms with Gasteiger partial charge in [0.05, 0.1) is 5.75 Å². The Hall–Kier alpha value is -0.130. The Balaban J connectivity index is 1.90. The largest absolute Gasteiger partial charge is 0.381 e. The van der Waals surface area contributed by atoms with Crippen molar-refractivity contribution in [1.82, 2.24) is 4.31 Å². The fraction of sp³-hybridized carbons (Fsp3) is 1.00. The van der Waals surface area contributed by atoms with E-state index in [-0.39, 0.29) is 0 Å². The maximum absolute atomic E-state index is 12.5. The normalized spacial score (nSPS) is 26.4. The topological polar surface area (TPSA) is 46.6 Å². The van der Waals surface area contributed by atoms with Gasteiger partial charge in [-0.3, -0.25) is 0 Å². The van der Waals surface area contributed by atoms with E-state index >= 15 is 0 Å². The van der Waals surface area contributed by atoms with E-state index in [1.807, 2.05) is 0 Å². The fourth-order valence-corrected chi connectivity index (χ4v) is 5.61. The van der Waals surface area contributed by atoms with E-state index in [4.69, 9.17) is 4.74 Å². The number of rotatable bonds is 6. The van der Waals surface area contributed by atoms with Gasteiger partial charge in [-0.25, -0.2) is 12.7 Å². The zero-order chi connectivity index (χ0) is 14.6. The molecule has 2 aliphatic rings. The van der Waals surface area contributed by atoms with Crippen LogP contribution in [0.2, 0.25) is 0 Å². The third-order valence-electron chi connectivity index (χ3n) is 5.08. The Morgan fingerprint density at radius 2 is 1.80 bits per heavy atom. The van der Waals surface area contributed by atoms with Crippen molar-refractivity contribution in [2.75, 3.05) is 32.1 Å². The molecule has 2 heterocycles. The van der Waals surface area contributed by atoms with E-state index in [0.29, 0.717) is 23.5 Å². The third-order valence-corrected chi connectivity index (χ3v) is 7.09. The molecule has 0 radical (unpaired) electrons. The summed E-state index contributed by atoms with van der Waals surface area (Å²) in [4.78, 5) is 0. The molecule has 2 fully saturated rings. The number of sulfonamides is 1. The minimum atomic E-state index is -3.06. The van der Waals surface area contributed by atoms with E-state index in [9.17, 15) is 8.42 Å². The van der Waals surface area contributed by atoms with Gasteiger partial charge < -0.3 is 4.74 Å². The van der Waals surface area contributed by atoms with Crippen LogP contribution in [-0.4, -0.2) is 44.8 Å². The maximum atomic E-state index is 12.5. The summed E-state index contributed by atoms with van der Waals surface area (Å²) in [5.74, 6) is 1.86. The summed E-state index contributed by atoms with van der Waals surface area (Å²) >= 11 is 0. The van der Waals surface area contributed by atoms with Crippen molar-refractivity contribution in [2.24, 2.45) is 17.8 Å². The average molecular weight is 303 g/mol. The van der Waals surface area contributed by atoms with Crippen LogP contribution in [0.4, 0.5) is 0 Å². The molecule has 0 amide bonds. The molecule has 1 unspecified atom stereocenters. The average Bonchev–Trinajstić information content (AvgIpc) is 2.91. The monoisotopic (exact) mass is 303 g/mol. The van der Waals surface area contributed by atoms with Gasteiger partial charge in [0.15, 0.2) is 0 Å². The summed E-state index contributed by atoms with van der Waals surface area (Å²) in [7, 11) is -3.06. The highest BCUT2D eigenvalue weighted by Gasteiger charge is 2.35. The SMILES string of the molecule is CCC(CC)C1CCN(S(=O)(=O)CC2CCOCC2)C1. The molecule has 0 spiro atoms. The first-order valence-electron chi connectivity index (χ1n) is 8.12. The highest BCUT2D eigenvalue weighted by atomic mass is 32.2. The molecule has 4 nitrogen and oxygen atoms in total. The third kappa shape index (κ3) is 3.95. The second-order valence-electron chi connectivity index (χ2n) is 6.32. The molecule has 20 heavy (non-hydrogen) atoms. The van der Waals surface area contributed by atoms with E-state index < -0.39 is 10.0 Å². The molecule has 0 aromatic carbocycles. The second kappa shape index (κ2) is 7.23. The van der Waals surface area contributed by atoms with Gasteiger partial charge in [0.2, 0.25) is 10.0 Å². The lowest BCUT2D eigenvalue weighted by molar-refractivity contribution is 0.0721. The van der Waals surface area contributed by atoms with Gasteiger partial charge in [0, 0.05) is 26.3 Å². The molecular weight excluding hydrogens is 274 g/mol.